The third-order valence-electron chi connectivity index (χ3n) is 13.2. The molecule has 0 radical (unpaired) electrons. The summed E-state index contributed by atoms with van der Waals surface area (Å²) in [5, 5.41) is 22.7. The Kier molecular flexibility index (Phi) is 16.2. The summed E-state index contributed by atoms with van der Waals surface area (Å²) in [4.78, 5) is 18.6. The Morgan fingerprint density at radius 2 is 1.72 bits per heavy atom. The van der Waals surface area contributed by atoms with Crippen molar-refractivity contribution in [3.8, 4) is 35.2 Å². The van der Waals surface area contributed by atoms with Crippen molar-refractivity contribution in [2.24, 2.45) is 46.0 Å². The first-order valence-electron chi connectivity index (χ1n) is 22.2. The Morgan fingerprint density at radius 3 is 2.45 bits per heavy atom. The molecule has 0 saturated heterocycles. The van der Waals surface area contributed by atoms with Gasteiger partial charge >= 0.3 is 0 Å². The van der Waals surface area contributed by atoms with Gasteiger partial charge in [-0.05, 0) is 130 Å². The maximum atomic E-state index is 13.7. The average molecular weight is 790 g/mol. The molecule has 0 spiro atoms. The monoisotopic (exact) mass is 790 g/mol. The first-order valence-corrected chi connectivity index (χ1v) is 22.2. The minimum absolute atomic E-state index is 0.0131. The van der Waals surface area contributed by atoms with Crippen LogP contribution in [0.3, 0.4) is 0 Å². The number of aliphatic imine (C=N–C) groups is 1. The second-order valence-electron chi connectivity index (χ2n) is 17.6. The third kappa shape index (κ3) is 11.9. The summed E-state index contributed by atoms with van der Waals surface area (Å²) in [6.45, 7) is 2.65. The first kappa shape index (κ1) is 43.3. The fourth-order valence-electron chi connectivity index (χ4n) is 9.97. The van der Waals surface area contributed by atoms with E-state index in [9.17, 15) is 15.0 Å². The van der Waals surface area contributed by atoms with Crippen molar-refractivity contribution in [1.82, 2.24) is 0 Å². The molecular weight excluding hydrogens is 723 g/mol. The lowest BCUT2D eigenvalue weighted by Gasteiger charge is -2.33. The highest BCUT2D eigenvalue weighted by atomic mass is 16.5. The SMILES string of the molecule is COCC1CCC(N=C(N)N)C2C#Cc3c(CCC(=O)C=C(CO)CCC4CCCC4)cc(OC4CCCC4)c(O)c3C1CCC(C)CC#CC2Cc1ccccc1. The van der Waals surface area contributed by atoms with E-state index in [1.165, 1.54) is 31.2 Å². The van der Waals surface area contributed by atoms with Gasteiger partial charge in [-0.15, -0.1) is 5.92 Å². The topological polar surface area (TPSA) is 140 Å². The number of ketones is 1. The van der Waals surface area contributed by atoms with Crippen LogP contribution in [0.1, 0.15) is 138 Å². The molecule has 6 unspecified atom stereocenters. The number of allylic oxidation sites excluding steroid dienone is 1. The Hall–Kier alpha value is -4.24. The summed E-state index contributed by atoms with van der Waals surface area (Å²) in [6.07, 6.45) is 17.9. The molecule has 2 fully saturated rings. The number of hydrogen-bond donors (Lipinski definition) is 4. The molecule has 2 saturated carbocycles. The predicted octanol–water partition coefficient (Wildman–Crippen LogP) is 8.54. The minimum atomic E-state index is -0.320. The molecule has 2 bridgehead atoms. The molecule has 0 aromatic heterocycles. The van der Waals surface area contributed by atoms with Crippen LogP contribution in [0.4, 0.5) is 0 Å². The number of phenols is 1. The largest absolute Gasteiger partial charge is 0.504 e. The highest BCUT2D eigenvalue weighted by Gasteiger charge is 2.36. The number of ether oxygens (including phenoxy) is 2. The number of aliphatic hydroxyl groups is 1. The van der Waals surface area contributed by atoms with Crippen LogP contribution in [0.2, 0.25) is 0 Å². The second-order valence-corrected chi connectivity index (χ2v) is 17.6. The van der Waals surface area contributed by atoms with E-state index in [-0.39, 0.29) is 66.3 Å². The second kappa shape index (κ2) is 21.7. The lowest BCUT2D eigenvalue weighted by Crippen LogP contribution is -2.33. The van der Waals surface area contributed by atoms with Gasteiger partial charge in [-0.3, -0.25) is 4.79 Å². The van der Waals surface area contributed by atoms with Crippen LogP contribution in [0.5, 0.6) is 11.5 Å². The van der Waals surface area contributed by atoms with E-state index in [4.69, 9.17) is 25.9 Å². The van der Waals surface area contributed by atoms with Crippen LogP contribution in [0.25, 0.3) is 0 Å². The van der Waals surface area contributed by atoms with Gasteiger partial charge in [0.15, 0.2) is 23.2 Å². The maximum Gasteiger partial charge on any atom is 0.186 e. The van der Waals surface area contributed by atoms with Crippen molar-refractivity contribution < 1.29 is 24.5 Å². The van der Waals surface area contributed by atoms with E-state index in [1.807, 2.05) is 12.1 Å². The molecule has 7 rings (SSSR count). The highest BCUT2D eigenvalue weighted by molar-refractivity contribution is 5.90. The summed E-state index contributed by atoms with van der Waals surface area (Å²) >= 11 is 0. The third-order valence-corrected chi connectivity index (χ3v) is 13.2. The number of nitrogens with zero attached hydrogens (tertiary/aromatic N) is 1. The van der Waals surface area contributed by atoms with Crippen LogP contribution in [-0.2, 0) is 22.4 Å². The Morgan fingerprint density at radius 1 is 0.966 bits per heavy atom. The number of rotatable bonds is 15. The zero-order valence-electron chi connectivity index (χ0n) is 35.0. The van der Waals surface area contributed by atoms with Gasteiger partial charge in [0.05, 0.1) is 24.7 Å². The van der Waals surface area contributed by atoms with Gasteiger partial charge in [-0.1, -0.05) is 80.7 Å². The molecule has 0 aliphatic heterocycles. The van der Waals surface area contributed by atoms with E-state index < -0.39 is 0 Å². The van der Waals surface area contributed by atoms with Gasteiger partial charge in [0.25, 0.3) is 0 Å². The maximum absolute atomic E-state index is 13.7. The first-order chi connectivity index (χ1) is 28.2. The molecule has 2 aromatic rings. The van der Waals surface area contributed by atoms with E-state index in [0.29, 0.717) is 43.5 Å². The van der Waals surface area contributed by atoms with Gasteiger partial charge in [0.2, 0.25) is 0 Å². The number of hydrogen-bond acceptors (Lipinski definition) is 6. The number of phenolic OH excluding ortho intramolecular Hbond substituents is 1. The number of fused-ring (bicyclic) bond motifs is 8. The van der Waals surface area contributed by atoms with Crippen LogP contribution in [0, 0.1) is 53.3 Å². The lowest BCUT2D eigenvalue weighted by molar-refractivity contribution is -0.114. The molecule has 312 valence electrons. The summed E-state index contributed by atoms with van der Waals surface area (Å²) in [5.41, 5.74) is 16.7. The van der Waals surface area contributed by atoms with Crippen molar-refractivity contribution in [3.63, 3.8) is 0 Å². The van der Waals surface area contributed by atoms with Gasteiger partial charge in [-0.2, -0.15) is 0 Å². The average Bonchev–Trinajstić information content (AvgIpc) is 3.94. The molecule has 0 amide bonds. The van der Waals surface area contributed by atoms with Crippen LogP contribution < -0.4 is 16.2 Å². The molecule has 6 atom stereocenters. The number of aryl methyl sites for hydroxylation is 1. The van der Waals surface area contributed by atoms with Crippen LogP contribution in [0.15, 0.2) is 53.0 Å². The van der Waals surface area contributed by atoms with Crippen LogP contribution >= 0.6 is 0 Å². The van der Waals surface area contributed by atoms with E-state index in [1.54, 1.807) is 13.2 Å². The number of aliphatic hydroxyl groups excluding tert-OH is 1. The molecule has 6 N–H and O–H groups in total. The highest BCUT2D eigenvalue weighted by Crippen LogP contribution is 2.48. The summed E-state index contributed by atoms with van der Waals surface area (Å²) < 4.78 is 12.6. The number of aromatic hydroxyl groups is 1. The standard InChI is InChI=1S/C50H67N3O5/c1-34-11-10-16-38(29-36-14-4-3-5-15-36)43-26-27-44-39(22-24-41(55)30-37(32-54)21-20-35-12-6-7-13-35)31-47(58-42-17-8-9-18-42)49(56)48(44)45(25-19-34)40(33-57-2)23-28-46(43)53-50(51)52/h3-5,14-15,30-31,34-35,38,40,42-43,45-46,54,56H,6-9,11-13,17-25,28-29,32-33H2,1-2H3,(H4,51,52,53). The Labute approximate surface area is 347 Å². The van der Waals surface area contributed by atoms with E-state index >= 15 is 0 Å². The van der Waals surface area contributed by atoms with E-state index in [2.05, 4.69) is 54.9 Å². The Balaban J connectivity index is 1.49. The molecule has 8 heteroatoms. The van der Waals surface area contributed by atoms with Crippen molar-refractivity contribution in [3.05, 3.63) is 70.3 Å². The smallest absolute Gasteiger partial charge is 0.186 e. The van der Waals surface area contributed by atoms with Gasteiger partial charge in [-0.25, -0.2) is 4.99 Å². The number of benzene rings is 2. The quantitative estimate of drug-likeness (QED) is 0.0614. The van der Waals surface area contributed by atoms with Crippen molar-refractivity contribution in [2.45, 2.75) is 141 Å². The number of carbonyl (C=O) groups excluding carboxylic acids is 1. The fourth-order valence-corrected chi connectivity index (χ4v) is 9.97. The zero-order valence-corrected chi connectivity index (χ0v) is 35.0. The number of nitrogens with two attached hydrogens (primary N) is 2. The number of guanidine groups is 1. The normalized spacial score (nSPS) is 25.4. The predicted molar refractivity (Wildman–Crippen MR) is 232 cm³/mol. The van der Waals surface area contributed by atoms with Gasteiger partial charge in [0, 0.05) is 43.6 Å². The summed E-state index contributed by atoms with van der Waals surface area (Å²) in [6, 6.07) is 12.0. The molecule has 5 aliphatic rings. The summed E-state index contributed by atoms with van der Waals surface area (Å²) in [7, 11) is 1.74. The lowest BCUT2D eigenvalue weighted by atomic mass is 9.73. The van der Waals surface area contributed by atoms with Crippen molar-refractivity contribution in [2.75, 3.05) is 20.3 Å². The molecule has 58 heavy (non-hydrogen) atoms. The Bertz CT molecular complexity index is 1850. The van der Waals surface area contributed by atoms with Gasteiger partial charge in [0.1, 0.15) is 0 Å². The molecule has 2 aromatic carbocycles. The van der Waals surface area contributed by atoms with Crippen molar-refractivity contribution in [1.29, 1.82) is 0 Å². The molecule has 0 heterocycles. The molecule has 5 aliphatic carbocycles. The molecule has 8 nitrogen and oxygen atoms in total. The summed E-state index contributed by atoms with van der Waals surface area (Å²) in [5.74, 6) is 15.7. The minimum Gasteiger partial charge on any atom is -0.504 e. The van der Waals surface area contributed by atoms with Crippen LogP contribution in [-0.4, -0.2) is 54.4 Å². The van der Waals surface area contributed by atoms with E-state index in [0.717, 1.165) is 86.5 Å². The fraction of sp³-hybridized carbons (Fsp3) is 0.600. The molecular formula is C50H67N3O5. The number of methoxy groups -OCH3 is 1. The van der Waals surface area contributed by atoms with Crippen molar-refractivity contribution >= 4 is 11.7 Å². The van der Waals surface area contributed by atoms with Gasteiger partial charge < -0.3 is 31.2 Å². The number of carbonyl (C=O) groups is 1. The zero-order chi connectivity index (χ0) is 40.9.